The molecule has 0 unspecified atom stereocenters. The fraction of sp³-hybridized carbons (Fsp3) is 0. The SMILES string of the molecule is O=C(Nc1ccc2ccccc2c1)c1ncn2c(=O)c3c(C(=O)Nc4ccc5ccccc5c4)ncn3c(=O)c12. The number of fused-ring (bicyclic) bond motifs is 4. The van der Waals surface area contributed by atoms with Crippen molar-refractivity contribution in [2.24, 2.45) is 0 Å². The number of imidazole rings is 2. The lowest BCUT2D eigenvalue weighted by molar-refractivity contribution is 0.101. The molecule has 3 heterocycles. The molecule has 0 fully saturated rings. The fourth-order valence-electron chi connectivity index (χ4n) is 4.89. The molecule has 0 atom stereocenters. The van der Waals surface area contributed by atoms with Gasteiger partial charge < -0.3 is 10.6 Å². The van der Waals surface area contributed by atoms with E-state index in [1.807, 2.05) is 60.7 Å². The predicted molar refractivity (Wildman–Crippen MR) is 151 cm³/mol. The highest BCUT2D eigenvalue weighted by atomic mass is 16.2. The number of benzene rings is 4. The molecular weight excluding hydrogens is 508 g/mol. The maximum Gasteiger partial charge on any atom is 0.283 e. The van der Waals surface area contributed by atoms with Crippen LogP contribution in [0.25, 0.3) is 32.6 Å². The van der Waals surface area contributed by atoms with Crippen molar-refractivity contribution in [3.05, 3.63) is 130 Å². The summed E-state index contributed by atoms with van der Waals surface area (Å²) in [6, 6.07) is 26.2. The van der Waals surface area contributed by atoms with Crippen LogP contribution in [0, 0.1) is 0 Å². The highest BCUT2D eigenvalue weighted by Crippen LogP contribution is 2.21. The van der Waals surface area contributed by atoms with E-state index in [1.165, 1.54) is 0 Å². The van der Waals surface area contributed by atoms with Crippen molar-refractivity contribution in [3.8, 4) is 0 Å². The summed E-state index contributed by atoms with van der Waals surface area (Å²) in [5.41, 5.74) is -1.24. The summed E-state index contributed by atoms with van der Waals surface area (Å²) in [7, 11) is 0. The number of carbonyl (C=O) groups is 2. The molecule has 2 amide bonds. The second-order valence-electron chi connectivity index (χ2n) is 9.27. The maximum atomic E-state index is 13.4. The molecule has 0 aliphatic carbocycles. The Morgan fingerprint density at radius 2 is 0.950 bits per heavy atom. The summed E-state index contributed by atoms with van der Waals surface area (Å²) < 4.78 is 1.95. The third-order valence-corrected chi connectivity index (χ3v) is 6.82. The van der Waals surface area contributed by atoms with Gasteiger partial charge in [-0.15, -0.1) is 0 Å². The van der Waals surface area contributed by atoms with Gasteiger partial charge in [-0.2, -0.15) is 0 Å². The summed E-state index contributed by atoms with van der Waals surface area (Å²) in [6.07, 6.45) is 2.21. The van der Waals surface area contributed by atoms with E-state index in [4.69, 9.17) is 0 Å². The minimum atomic E-state index is -0.701. The second-order valence-corrected chi connectivity index (χ2v) is 9.27. The molecule has 0 bridgehead atoms. The number of rotatable bonds is 4. The largest absolute Gasteiger partial charge is 0.321 e. The number of aromatic nitrogens is 4. The fourth-order valence-corrected chi connectivity index (χ4v) is 4.89. The molecule has 0 spiro atoms. The monoisotopic (exact) mass is 526 g/mol. The normalized spacial score (nSPS) is 11.4. The van der Waals surface area contributed by atoms with E-state index in [1.54, 1.807) is 24.3 Å². The van der Waals surface area contributed by atoms with E-state index in [2.05, 4.69) is 20.6 Å². The molecule has 7 aromatic rings. The van der Waals surface area contributed by atoms with Crippen LogP contribution >= 0.6 is 0 Å². The average molecular weight is 527 g/mol. The van der Waals surface area contributed by atoms with E-state index < -0.39 is 22.9 Å². The number of nitrogens with zero attached hydrogens (tertiary/aromatic N) is 4. The highest BCUT2D eigenvalue weighted by molar-refractivity contribution is 6.09. The molecule has 10 heteroatoms. The summed E-state index contributed by atoms with van der Waals surface area (Å²) >= 11 is 0. The first-order chi connectivity index (χ1) is 19.5. The van der Waals surface area contributed by atoms with Crippen molar-refractivity contribution < 1.29 is 9.59 Å². The first-order valence-electron chi connectivity index (χ1n) is 12.3. The zero-order valence-corrected chi connectivity index (χ0v) is 20.7. The zero-order chi connectivity index (χ0) is 27.4. The van der Waals surface area contributed by atoms with Crippen LogP contribution in [0.3, 0.4) is 0 Å². The van der Waals surface area contributed by atoms with Crippen LogP contribution in [0.1, 0.15) is 21.0 Å². The van der Waals surface area contributed by atoms with Gasteiger partial charge in [0.05, 0.1) is 0 Å². The lowest BCUT2D eigenvalue weighted by Gasteiger charge is -2.06. The zero-order valence-electron chi connectivity index (χ0n) is 20.7. The Labute approximate surface area is 224 Å². The number of hydrogen-bond acceptors (Lipinski definition) is 6. The number of anilines is 2. The smallest absolute Gasteiger partial charge is 0.283 e. The third-order valence-electron chi connectivity index (χ3n) is 6.82. The molecule has 10 nitrogen and oxygen atoms in total. The first kappa shape index (κ1) is 23.2. The number of carbonyl (C=O) groups excluding carboxylic acids is 2. The van der Waals surface area contributed by atoms with E-state index in [-0.39, 0.29) is 22.4 Å². The Balaban J connectivity index is 1.25. The van der Waals surface area contributed by atoms with Crippen LogP contribution < -0.4 is 21.8 Å². The number of amides is 2. The van der Waals surface area contributed by atoms with Crippen molar-refractivity contribution in [2.75, 3.05) is 10.6 Å². The molecule has 0 aliphatic heterocycles. The van der Waals surface area contributed by atoms with Crippen LogP contribution in [-0.2, 0) is 0 Å². The van der Waals surface area contributed by atoms with Crippen molar-refractivity contribution in [2.45, 2.75) is 0 Å². The standard InChI is InChI=1S/C30H18N6O4/c37-27(33-21-11-9-17-5-1-3-7-19(17)13-21)23-25-29(39)36-16-32-24(26(36)30(40)35(25)15-31-23)28(38)34-22-12-10-18-6-2-4-8-20(18)14-22/h1-16H,(H,33,37)(H,34,38). The van der Waals surface area contributed by atoms with E-state index in [9.17, 15) is 19.2 Å². The Morgan fingerprint density at radius 3 is 1.38 bits per heavy atom. The van der Waals surface area contributed by atoms with Crippen LogP contribution in [-0.4, -0.2) is 30.6 Å². The summed E-state index contributed by atoms with van der Waals surface area (Å²) in [5.74, 6) is -1.30. The van der Waals surface area contributed by atoms with Crippen LogP contribution in [0.2, 0.25) is 0 Å². The van der Waals surface area contributed by atoms with Gasteiger partial charge in [-0.25, -0.2) is 9.97 Å². The van der Waals surface area contributed by atoms with Crippen molar-refractivity contribution in [3.63, 3.8) is 0 Å². The molecule has 7 rings (SSSR count). The van der Waals surface area contributed by atoms with Crippen molar-refractivity contribution in [1.82, 2.24) is 18.8 Å². The summed E-state index contributed by atoms with van der Waals surface area (Å²) in [5, 5.41) is 9.35. The van der Waals surface area contributed by atoms with Crippen molar-refractivity contribution >= 4 is 55.8 Å². The van der Waals surface area contributed by atoms with Crippen LogP contribution in [0.5, 0.6) is 0 Å². The Morgan fingerprint density at radius 1 is 0.550 bits per heavy atom. The van der Waals surface area contributed by atoms with Gasteiger partial charge in [-0.1, -0.05) is 60.7 Å². The van der Waals surface area contributed by atoms with Gasteiger partial charge in [0, 0.05) is 11.4 Å². The third kappa shape index (κ3) is 3.66. The van der Waals surface area contributed by atoms with Gasteiger partial charge in [0.2, 0.25) is 0 Å². The van der Waals surface area contributed by atoms with Gasteiger partial charge >= 0.3 is 0 Å². The molecule has 0 saturated carbocycles. The van der Waals surface area contributed by atoms with Gasteiger partial charge in [-0.3, -0.25) is 28.0 Å². The maximum absolute atomic E-state index is 13.4. The quantitative estimate of drug-likeness (QED) is 0.358. The Hall–Kier alpha value is -5.90. The Kier molecular flexibility index (Phi) is 5.14. The molecule has 3 aromatic heterocycles. The molecule has 4 aromatic carbocycles. The minimum Gasteiger partial charge on any atom is -0.321 e. The average Bonchev–Trinajstić information content (AvgIpc) is 3.62. The summed E-state index contributed by atoms with van der Waals surface area (Å²) in [6.45, 7) is 0. The molecule has 0 aliphatic rings. The first-order valence-corrected chi connectivity index (χ1v) is 12.3. The van der Waals surface area contributed by atoms with Gasteiger partial charge in [-0.05, 0) is 45.8 Å². The van der Waals surface area contributed by atoms with Gasteiger partial charge in [0.25, 0.3) is 22.9 Å². The van der Waals surface area contributed by atoms with Crippen LogP contribution in [0.4, 0.5) is 11.4 Å². The molecular formula is C30H18N6O4. The molecule has 2 N–H and O–H groups in total. The lowest BCUT2D eigenvalue weighted by Crippen LogP contribution is -2.28. The van der Waals surface area contributed by atoms with Crippen LogP contribution in [0.15, 0.2) is 107 Å². The topological polar surface area (TPSA) is 127 Å². The Bertz CT molecular complexity index is 2110. The van der Waals surface area contributed by atoms with Gasteiger partial charge in [0.1, 0.15) is 23.7 Å². The molecule has 40 heavy (non-hydrogen) atoms. The van der Waals surface area contributed by atoms with E-state index in [0.29, 0.717) is 11.4 Å². The van der Waals surface area contributed by atoms with E-state index in [0.717, 1.165) is 43.0 Å². The summed E-state index contributed by atoms with van der Waals surface area (Å²) in [4.78, 5) is 61.2. The van der Waals surface area contributed by atoms with E-state index >= 15 is 0 Å². The molecule has 0 radical (unpaired) electrons. The molecule has 192 valence electrons. The highest BCUT2D eigenvalue weighted by Gasteiger charge is 2.25. The number of nitrogens with one attached hydrogen (secondary N) is 2. The molecule has 0 saturated heterocycles. The number of hydrogen-bond donors (Lipinski definition) is 2. The second kappa shape index (κ2) is 8.84. The predicted octanol–water partition coefficient (Wildman–Crippen LogP) is 3.95. The minimum absolute atomic E-state index is 0.213. The van der Waals surface area contributed by atoms with Gasteiger partial charge in [0.15, 0.2) is 11.4 Å². The lowest BCUT2D eigenvalue weighted by atomic mass is 10.1. The van der Waals surface area contributed by atoms with Crippen molar-refractivity contribution in [1.29, 1.82) is 0 Å².